The first kappa shape index (κ1) is 13.8. The van der Waals surface area contributed by atoms with Crippen LogP contribution < -0.4 is 10.1 Å². The number of benzene rings is 1. The van der Waals surface area contributed by atoms with Gasteiger partial charge in [-0.05, 0) is 50.0 Å². The summed E-state index contributed by atoms with van der Waals surface area (Å²) in [4.78, 5) is 0. The molecule has 1 N–H and O–H groups in total. The van der Waals surface area contributed by atoms with Crippen LogP contribution in [0.4, 0.5) is 4.39 Å². The molecule has 0 atom stereocenters. The van der Waals surface area contributed by atoms with Gasteiger partial charge in [0.15, 0.2) is 0 Å². The fraction of sp³-hybridized carbons (Fsp3) is 0.600. The predicted molar refractivity (Wildman–Crippen MR) is 72.4 cm³/mol. The number of rotatable bonds is 3. The largest absolute Gasteiger partial charge is 0.485 e. The van der Waals surface area contributed by atoms with Crippen LogP contribution in [0, 0.1) is 5.82 Å². The molecule has 0 amide bonds. The van der Waals surface area contributed by atoms with Crippen molar-refractivity contribution in [1.82, 2.24) is 5.32 Å². The van der Waals surface area contributed by atoms with E-state index in [0.29, 0.717) is 25.9 Å². The minimum absolute atomic E-state index is 0.116. The normalized spacial score (nSPS) is 21.9. The van der Waals surface area contributed by atoms with E-state index >= 15 is 0 Å². The smallest absolute Gasteiger partial charge is 0.147 e. The summed E-state index contributed by atoms with van der Waals surface area (Å²) in [6, 6.07) is 4.78. The van der Waals surface area contributed by atoms with E-state index < -0.39 is 0 Å². The molecule has 0 aliphatic carbocycles. The Hall–Kier alpha value is -1.17. The van der Waals surface area contributed by atoms with Gasteiger partial charge in [-0.25, -0.2) is 4.39 Å². The second-order valence-corrected chi connectivity index (χ2v) is 5.31. The van der Waals surface area contributed by atoms with Crippen LogP contribution in [0.15, 0.2) is 18.2 Å². The van der Waals surface area contributed by atoms with E-state index in [1.165, 1.54) is 6.07 Å². The third-order valence-corrected chi connectivity index (χ3v) is 3.82. The van der Waals surface area contributed by atoms with E-state index in [4.69, 9.17) is 14.2 Å². The lowest BCUT2D eigenvalue weighted by atomic mass is 9.89. The van der Waals surface area contributed by atoms with E-state index in [1.807, 2.05) is 0 Å². The first-order chi connectivity index (χ1) is 9.83. The van der Waals surface area contributed by atoms with E-state index in [2.05, 4.69) is 5.32 Å². The summed E-state index contributed by atoms with van der Waals surface area (Å²) in [6.07, 6.45) is 1.91. The fourth-order valence-corrected chi connectivity index (χ4v) is 2.79. The number of piperidine rings is 1. The van der Waals surface area contributed by atoms with E-state index in [1.54, 1.807) is 12.1 Å². The Bertz CT molecular complexity index is 443. The highest BCUT2D eigenvalue weighted by molar-refractivity contribution is 5.37. The quantitative estimate of drug-likeness (QED) is 0.920. The van der Waals surface area contributed by atoms with Gasteiger partial charge in [-0.2, -0.15) is 0 Å². The van der Waals surface area contributed by atoms with E-state index in [9.17, 15) is 4.39 Å². The molecule has 0 radical (unpaired) electrons. The van der Waals surface area contributed by atoms with Gasteiger partial charge in [-0.1, -0.05) is 0 Å². The number of nitrogens with one attached hydrogen (secondary N) is 1. The molecule has 0 spiro atoms. The van der Waals surface area contributed by atoms with Gasteiger partial charge in [0.2, 0.25) is 0 Å². The molecule has 1 aromatic rings. The van der Waals surface area contributed by atoms with Crippen LogP contribution in [-0.4, -0.2) is 39.2 Å². The molecular formula is C15H20FNO3. The van der Waals surface area contributed by atoms with Gasteiger partial charge in [0.1, 0.15) is 24.5 Å². The van der Waals surface area contributed by atoms with Gasteiger partial charge in [-0.3, -0.25) is 0 Å². The maximum Gasteiger partial charge on any atom is 0.147 e. The first-order valence-electron chi connectivity index (χ1n) is 7.15. The SMILES string of the molecule is Fc1ccc(OC2COCOC2)c(C2CCNCC2)c1. The van der Waals surface area contributed by atoms with E-state index in [0.717, 1.165) is 37.2 Å². The number of hydrogen-bond donors (Lipinski definition) is 1. The van der Waals surface area contributed by atoms with Crippen LogP contribution in [0.5, 0.6) is 5.75 Å². The molecule has 4 nitrogen and oxygen atoms in total. The van der Waals surface area contributed by atoms with Crippen molar-refractivity contribution in [3.8, 4) is 5.75 Å². The van der Waals surface area contributed by atoms with Crippen molar-refractivity contribution < 1.29 is 18.6 Å². The maximum absolute atomic E-state index is 13.6. The van der Waals surface area contributed by atoms with Crippen LogP contribution in [0.1, 0.15) is 24.3 Å². The molecule has 0 unspecified atom stereocenters. The zero-order chi connectivity index (χ0) is 13.8. The number of hydrogen-bond acceptors (Lipinski definition) is 4. The molecule has 0 bridgehead atoms. The molecule has 5 heteroatoms. The van der Waals surface area contributed by atoms with Crippen LogP contribution in [0.3, 0.4) is 0 Å². The lowest BCUT2D eigenvalue weighted by molar-refractivity contribution is -0.143. The summed E-state index contributed by atoms with van der Waals surface area (Å²) >= 11 is 0. The molecule has 2 aliphatic heterocycles. The molecule has 20 heavy (non-hydrogen) atoms. The monoisotopic (exact) mass is 281 g/mol. The molecule has 2 aliphatic rings. The highest BCUT2D eigenvalue weighted by Crippen LogP contribution is 2.34. The molecule has 0 saturated carbocycles. The Kier molecular flexibility index (Phi) is 4.50. The summed E-state index contributed by atoms with van der Waals surface area (Å²) < 4.78 is 30.0. The lowest BCUT2D eigenvalue weighted by Crippen LogP contribution is -2.34. The van der Waals surface area contributed by atoms with Gasteiger partial charge < -0.3 is 19.5 Å². The minimum Gasteiger partial charge on any atom is -0.485 e. The van der Waals surface area contributed by atoms with Crippen molar-refractivity contribution in [2.24, 2.45) is 0 Å². The molecule has 110 valence electrons. The van der Waals surface area contributed by atoms with Crippen molar-refractivity contribution >= 4 is 0 Å². The van der Waals surface area contributed by atoms with Crippen LogP contribution >= 0.6 is 0 Å². The number of ether oxygens (including phenoxy) is 3. The van der Waals surface area contributed by atoms with Crippen molar-refractivity contribution in [3.63, 3.8) is 0 Å². The molecule has 2 fully saturated rings. The van der Waals surface area contributed by atoms with Gasteiger partial charge >= 0.3 is 0 Å². The van der Waals surface area contributed by atoms with E-state index in [-0.39, 0.29) is 11.9 Å². The summed E-state index contributed by atoms with van der Waals surface area (Å²) in [6.45, 7) is 3.29. The van der Waals surface area contributed by atoms with Gasteiger partial charge in [0, 0.05) is 5.56 Å². The minimum atomic E-state index is -0.206. The Labute approximate surface area is 118 Å². The Balaban J connectivity index is 1.77. The second-order valence-electron chi connectivity index (χ2n) is 5.31. The van der Waals surface area contributed by atoms with Crippen LogP contribution in [-0.2, 0) is 9.47 Å². The summed E-state index contributed by atoms with van der Waals surface area (Å²) in [5.41, 5.74) is 0.970. The summed E-state index contributed by atoms with van der Waals surface area (Å²) in [7, 11) is 0. The zero-order valence-electron chi connectivity index (χ0n) is 11.4. The molecular weight excluding hydrogens is 261 g/mol. The average Bonchev–Trinajstić information content (AvgIpc) is 2.51. The number of halogens is 1. The molecule has 2 saturated heterocycles. The summed E-state index contributed by atoms with van der Waals surface area (Å²) in [5.74, 6) is 0.909. The third kappa shape index (κ3) is 3.29. The maximum atomic E-state index is 13.6. The Morgan fingerprint density at radius 1 is 1.15 bits per heavy atom. The molecule has 3 rings (SSSR count). The molecule has 2 heterocycles. The topological polar surface area (TPSA) is 39.7 Å². The van der Waals surface area contributed by atoms with Crippen LogP contribution in [0.2, 0.25) is 0 Å². The molecule has 1 aromatic carbocycles. The first-order valence-corrected chi connectivity index (χ1v) is 7.15. The standard InChI is InChI=1S/C15H20FNO3/c16-12-1-2-15(20-13-8-18-10-19-9-13)14(7-12)11-3-5-17-6-4-11/h1-2,7,11,13,17H,3-6,8-10H2. The van der Waals surface area contributed by atoms with Crippen LogP contribution in [0.25, 0.3) is 0 Å². The lowest BCUT2D eigenvalue weighted by Gasteiger charge is -2.28. The Morgan fingerprint density at radius 3 is 2.65 bits per heavy atom. The predicted octanol–water partition coefficient (Wildman–Crippen LogP) is 2.04. The Morgan fingerprint density at radius 2 is 1.90 bits per heavy atom. The van der Waals surface area contributed by atoms with Crippen molar-refractivity contribution in [3.05, 3.63) is 29.6 Å². The van der Waals surface area contributed by atoms with Gasteiger partial charge in [0.25, 0.3) is 0 Å². The molecule has 0 aromatic heterocycles. The second kappa shape index (κ2) is 6.52. The highest BCUT2D eigenvalue weighted by Gasteiger charge is 2.23. The van der Waals surface area contributed by atoms with Crippen molar-refractivity contribution in [1.29, 1.82) is 0 Å². The summed E-state index contributed by atoms with van der Waals surface area (Å²) in [5, 5.41) is 3.33. The highest BCUT2D eigenvalue weighted by atomic mass is 19.1. The third-order valence-electron chi connectivity index (χ3n) is 3.82. The van der Waals surface area contributed by atoms with Gasteiger partial charge in [0.05, 0.1) is 13.2 Å². The van der Waals surface area contributed by atoms with Crippen molar-refractivity contribution in [2.45, 2.75) is 24.9 Å². The zero-order valence-corrected chi connectivity index (χ0v) is 11.4. The average molecular weight is 281 g/mol. The van der Waals surface area contributed by atoms with Crippen molar-refractivity contribution in [2.75, 3.05) is 33.1 Å². The fourth-order valence-electron chi connectivity index (χ4n) is 2.79. The van der Waals surface area contributed by atoms with Gasteiger partial charge in [-0.15, -0.1) is 0 Å².